The van der Waals surface area contributed by atoms with Gasteiger partial charge in [0.1, 0.15) is 0 Å². The quantitative estimate of drug-likeness (QED) is 0.779. The fourth-order valence-electron chi connectivity index (χ4n) is 4.52. The van der Waals surface area contributed by atoms with Crippen molar-refractivity contribution in [3.8, 4) is 0 Å². The predicted molar refractivity (Wildman–Crippen MR) is 112 cm³/mol. The monoisotopic (exact) mass is 421 g/mol. The van der Waals surface area contributed by atoms with E-state index < -0.39 is 0 Å². The van der Waals surface area contributed by atoms with Gasteiger partial charge in [0.05, 0.1) is 5.92 Å². The molecule has 0 radical (unpaired) electrons. The van der Waals surface area contributed by atoms with Crippen LogP contribution in [0.3, 0.4) is 0 Å². The number of piperidine rings is 1. The van der Waals surface area contributed by atoms with Crippen molar-refractivity contribution in [2.45, 2.75) is 50.0 Å². The molecule has 4 N–H and O–H groups in total. The van der Waals surface area contributed by atoms with Crippen molar-refractivity contribution in [3.63, 3.8) is 0 Å². The Morgan fingerprint density at radius 2 is 1.92 bits per heavy atom. The van der Waals surface area contributed by atoms with E-state index in [2.05, 4.69) is 17.0 Å². The van der Waals surface area contributed by atoms with Crippen molar-refractivity contribution < 1.29 is 4.79 Å². The molecule has 2 aliphatic rings. The molecule has 148 valence electrons. The third kappa shape index (κ3) is 5.05. The molecular formula is C19H30Cl3N3O. The summed E-state index contributed by atoms with van der Waals surface area (Å²) < 4.78 is 0. The highest BCUT2D eigenvalue weighted by molar-refractivity contribution is 6.30. The van der Waals surface area contributed by atoms with Gasteiger partial charge < -0.3 is 11.5 Å². The molecule has 1 aromatic carbocycles. The van der Waals surface area contributed by atoms with E-state index >= 15 is 0 Å². The van der Waals surface area contributed by atoms with Crippen LogP contribution in [0.25, 0.3) is 0 Å². The summed E-state index contributed by atoms with van der Waals surface area (Å²) in [6.07, 6.45) is 6.40. The lowest BCUT2D eigenvalue weighted by molar-refractivity contribution is -0.123. The summed E-state index contributed by atoms with van der Waals surface area (Å²) in [6.45, 7) is 2.57. The summed E-state index contributed by atoms with van der Waals surface area (Å²) in [5, 5.41) is 0.780. The third-order valence-corrected chi connectivity index (χ3v) is 6.35. The van der Waals surface area contributed by atoms with Crippen LogP contribution >= 0.6 is 36.4 Å². The van der Waals surface area contributed by atoms with E-state index in [4.69, 9.17) is 23.1 Å². The standard InChI is InChI=1S/C19H28ClN3O.2ClH/c20-16-5-1-4-15(11-16)19(13-21)8-6-17(7-9-19)23-10-2-3-14(12-23)18(22)24;;/h1,4-5,11,14,17H,2-3,6-10,12-13,21H2,(H2,22,24);2*1H/t14?,17-,19-;;. The van der Waals surface area contributed by atoms with E-state index in [0.29, 0.717) is 12.6 Å². The van der Waals surface area contributed by atoms with E-state index in [1.54, 1.807) is 0 Å². The number of hydrogen-bond acceptors (Lipinski definition) is 3. The van der Waals surface area contributed by atoms with E-state index in [1.165, 1.54) is 5.56 Å². The van der Waals surface area contributed by atoms with Crippen LogP contribution in [0.4, 0.5) is 0 Å². The number of benzene rings is 1. The molecule has 0 aromatic heterocycles. The minimum atomic E-state index is -0.147. The Kier molecular flexibility index (Phi) is 9.17. The average molecular weight is 423 g/mol. The first-order valence-electron chi connectivity index (χ1n) is 9.03. The van der Waals surface area contributed by atoms with Crippen molar-refractivity contribution in [2.75, 3.05) is 19.6 Å². The summed E-state index contributed by atoms with van der Waals surface area (Å²) in [6, 6.07) is 8.70. The number of nitrogens with zero attached hydrogens (tertiary/aromatic N) is 1. The number of carbonyl (C=O) groups excluding carboxylic acids is 1. The molecule has 4 nitrogen and oxygen atoms in total. The number of likely N-dealkylation sites (tertiary alicyclic amines) is 1. The fourth-order valence-corrected chi connectivity index (χ4v) is 4.71. The van der Waals surface area contributed by atoms with Crippen molar-refractivity contribution in [3.05, 3.63) is 34.9 Å². The number of halogens is 3. The molecule has 1 aliphatic heterocycles. The topological polar surface area (TPSA) is 72.3 Å². The van der Waals surface area contributed by atoms with E-state index in [0.717, 1.165) is 56.6 Å². The first-order chi connectivity index (χ1) is 11.5. The Bertz CT molecular complexity index is 591. The van der Waals surface area contributed by atoms with Gasteiger partial charge in [0.25, 0.3) is 0 Å². The second kappa shape index (κ2) is 10.1. The lowest BCUT2D eigenvalue weighted by Crippen LogP contribution is -2.50. The first kappa shape index (κ1) is 23.5. The van der Waals surface area contributed by atoms with E-state index in [9.17, 15) is 4.79 Å². The molecule has 1 saturated heterocycles. The zero-order valence-electron chi connectivity index (χ0n) is 15.0. The summed E-state index contributed by atoms with van der Waals surface area (Å²) in [5.74, 6) is -0.126. The fraction of sp³-hybridized carbons (Fsp3) is 0.632. The third-order valence-electron chi connectivity index (χ3n) is 6.11. The first-order valence-corrected chi connectivity index (χ1v) is 9.41. The van der Waals surface area contributed by atoms with Gasteiger partial charge in [-0.15, -0.1) is 24.8 Å². The summed E-state index contributed by atoms with van der Waals surface area (Å²) >= 11 is 6.19. The van der Waals surface area contributed by atoms with E-state index in [1.807, 2.05) is 12.1 Å². The zero-order valence-corrected chi connectivity index (χ0v) is 17.4. The maximum atomic E-state index is 11.5. The second-order valence-electron chi connectivity index (χ2n) is 7.46. The molecule has 2 fully saturated rings. The van der Waals surface area contributed by atoms with Gasteiger partial charge in [-0.1, -0.05) is 23.7 Å². The van der Waals surface area contributed by atoms with Crippen LogP contribution in [0.5, 0.6) is 0 Å². The minimum Gasteiger partial charge on any atom is -0.369 e. The number of nitrogens with two attached hydrogens (primary N) is 2. The van der Waals surface area contributed by atoms with Gasteiger partial charge >= 0.3 is 0 Å². The lowest BCUT2D eigenvalue weighted by Gasteiger charge is -2.45. The highest BCUT2D eigenvalue weighted by Gasteiger charge is 2.38. The van der Waals surface area contributed by atoms with Gasteiger partial charge in [-0.3, -0.25) is 9.69 Å². The largest absolute Gasteiger partial charge is 0.369 e. The van der Waals surface area contributed by atoms with Gasteiger partial charge in [-0.25, -0.2) is 0 Å². The summed E-state index contributed by atoms with van der Waals surface area (Å²) in [4.78, 5) is 14.0. The lowest BCUT2D eigenvalue weighted by atomic mass is 9.68. The molecule has 0 bridgehead atoms. The molecule has 26 heavy (non-hydrogen) atoms. The van der Waals surface area contributed by atoms with Crippen LogP contribution in [0.2, 0.25) is 5.02 Å². The molecule has 7 heteroatoms. The van der Waals surface area contributed by atoms with Gasteiger partial charge in [-0.05, 0) is 62.8 Å². The van der Waals surface area contributed by atoms with Crippen molar-refractivity contribution in [1.82, 2.24) is 4.90 Å². The van der Waals surface area contributed by atoms with Crippen LogP contribution in [-0.4, -0.2) is 36.5 Å². The Labute approximate surface area is 173 Å². The van der Waals surface area contributed by atoms with Gasteiger partial charge in [0.2, 0.25) is 5.91 Å². The Balaban J connectivity index is 0.00000169. The van der Waals surface area contributed by atoms with Gasteiger partial charge in [-0.2, -0.15) is 0 Å². The second-order valence-corrected chi connectivity index (χ2v) is 7.90. The van der Waals surface area contributed by atoms with Crippen LogP contribution in [0.1, 0.15) is 44.1 Å². The van der Waals surface area contributed by atoms with Crippen molar-refractivity contribution in [2.24, 2.45) is 17.4 Å². The Hall–Kier alpha value is -0.520. The summed E-state index contributed by atoms with van der Waals surface area (Å²) in [7, 11) is 0. The SMILES string of the molecule is Cl.Cl.NC[C@]1(c2cccc(Cl)c2)CC[C@H](N2CCCC(C(N)=O)C2)CC1. The molecular weight excluding hydrogens is 393 g/mol. The average Bonchev–Trinajstić information content (AvgIpc) is 2.62. The highest BCUT2D eigenvalue weighted by atomic mass is 35.5. The maximum Gasteiger partial charge on any atom is 0.221 e. The smallest absolute Gasteiger partial charge is 0.221 e. The van der Waals surface area contributed by atoms with Crippen LogP contribution < -0.4 is 11.5 Å². The number of carbonyl (C=O) groups is 1. The molecule has 1 heterocycles. The number of amides is 1. The van der Waals surface area contributed by atoms with Crippen LogP contribution in [-0.2, 0) is 10.2 Å². The van der Waals surface area contributed by atoms with Crippen molar-refractivity contribution in [1.29, 1.82) is 0 Å². The highest BCUT2D eigenvalue weighted by Crippen LogP contribution is 2.41. The minimum absolute atomic E-state index is 0. The molecule has 0 spiro atoms. The number of rotatable bonds is 4. The molecule has 1 saturated carbocycles. The normalized spacial score (nSPS) is 29.3. The van der Waals surface area contributed by atoms with E-state index in [-0.39, 0.29) is 42.1 Å². The Morgan fingerprint density at radius 3 is 2.50 bits per heavy atom. The van der Waals surface area contributed by atoms with Gasteiger partial charge in [0.15, 0.2) is 0 Å². The predicted octanol–water partition coefficient (Wildman–Crippen LogP) is 3.52. The van der Waals surface area contributed by atoms with Crippen LogP contribution in [0.15, 0.2) is 24.3 Å². The maximum absolute atomic E-state index is 11.5. The molecule has 1 aliphatic carbocycles. The Morgan fingerprint density at radius 1 is 1.23 bits per heavy atom. The molecule has 1 atom stereocenters. The van der Waals surface area contributed by atoms with Crippen molar-refractivity contribution >= 4 is 42.3 Å². The molecule has 3 rings (SSSR count). The number of primary amides is 1. The molecule has 1 unspecified atom stereocenters. The molecule has 1 amide bonds. The zero-order chi connectivity index (χ0) is 17.2. The van der Waals surface area contributed by atoms with Gasteiger partial charge in [0, 0.05) is 29.6 Å². The van der Waals surface area contributed by atoms with Crippen LogP contribution in [0, 0.1) is 5.92 Å². The molecule has 1 aromatic rings. The summed E-state index contributed by atoms with van der Waals surface area (Å²) in [5.41, 5.74) is 13.0. The number of hydrogen-bond donors (Lipinski definition) is 2.